The molecule has 0 bridgehead atoms. The van der Waals surface area contributed by atoms with Crippen LogP contribution in [0.2, 0.25) is 0 Å². The monoisotopic (exact) mass is 336 g/mol. The fourth-order valence-electron chi connectivity index (χ4n) is 3.12. The molecule has 0 aliphatic heterocycles. The van der Waals surface area contributed by atoms with Crippen LogP contribution in [-0.2, 0) is 9.59 Å². The van der Waals surface area contributed by atoms with Crippen LogP contribution in [0.5, 0.6) is 0 Å². The summed E-state index contributed by atoms with van der Waals surface area (Å²) in [6.45, 7) is 8.03. The Balaban J connectivity index is 2.33. The van der Waals surface area contributed by atoms with E-state index in [0.717, 1.165) is 65.5 Å². The molecule has 0 fully saturated rings. The molecule has 0 atom stereocenters. The number of rotatable bonds is 6. The predicted octanol–water partition coefficient (Wildman–Crippen LogP) is 5.74. The first-order chi connectivity index (χ1) is 12.0. The summed E-state index contributed by atoms with van der Waals surface area (Å²) in [5, 5.41) is 0. The SMILES string of the molecule is CCCCC1=CC(=CC=C2C=C(C)C(=O)C(CC)=C2)C=C(CC)C1=O. The number of carbonyl (C=O) groups is 2. The molecule has 0 heterocycles. The number of hydrogen-bond donors (Lipinski definition) is 0. The molecule has 2 heteroatoms. The average molecular weight is 336 g/mol. The quantitative estimate of drug-likeness (QED) is 0.620. The normalized spacial score (nSPS) is 21.3. The van der Waals surface area contributed by atoms with E-state index in [1.165, 1.54) is 0 Å². The van der Waals surface area contributed by atoms with Gasteiger partial charge in [-0.1, -0.05) is 39.3 Å². The minimum absolute atomic E-state index is 0.144. The third kappa shape index (κ3) is 4.66. The number of hydrogen-bond acceptors (Lipinski definition) is 2. The average Bonchev–Trinajstić information content (AvgIpc) is 2.62. The van der Waals surface area contributed by atoms with E-state index in [1.807, 2.05) is 57.2 Å². The Morgan fingerprint density at radius 3 is 1.84 bits per heavy atom. The van der Waals surface area contributed by atoms with Gasteiger partial charge in [0.05, 0.1) is 0 Å². The van der Waals surface area contributed by atoms with Gasteiger partial charge in [0.25, 0.3) is 0 Å². The summed E-state index contributed by atoms with van der Waals surface area (Å²) >= 11 is 0. The molecule has 0 aromatic heterocycles. The van der Waals surface area contributed by atoms with Gasteiger partial charge in [-0.3, -0.25) is 9.59 Å². The largest absolute Gasteiger partial charge is 0.289 e. The number of carbonyl (C=O) groups excluding carboxylic acids is 2. The van der Waals surface area contributed by atoms with Gasteiger partial charge in [0, 0.05) is 16.7 Å². The molecule has 0 saturated carbocycles. The van der Waals surface area contributed by atoms with Gasteiger partial charge in [-0.15, -0.1) is 0 Å². The van der Waals surface area contributed by atoms with Crippen LogP contribution in [0.1, 0.15) is 59.8 Å². The minimum atomic E-state index is 0.144. The van der Waals surface area contributed by atoms with Crippen molar-refractivity contribution in [3.63, 3.8) is 0 Å². The van der Waals surface area contributed by atoms with Crippen molar-refractivity contribution >= 4 is 11.6 Å². The van der Waals surface area contributed by atoms with Crippen LogP contribution in [0.25, 0.3) is 0 Å². The molecule has 2 aliphatic rings. The fraction of sp³-hybridized carbons (Fsp3) is 0.391. The molecule has 25 heavy (non-hydrogen) atoms. The molecule has 2 nitrogen and oxygen atoms in total. The first kappa shape index (κ1) is 19.1. The minimum Gasteiger partial charge on any atom is -0.289 e. The molecule has 0 amide bonds. The predicted molar refractivity (Wildman–Crippen MR) is 104 cm³/mol. The Bertz CT molecular complexity index is 749. The van der Waals surface area contributed by atoms with Crippen molar-refractivity contribution in [3.8, 4) is 0 Å². The van der Waals surface area contributed by atoms with Crippen molar-refractivity contribution < 1.29 is 9.59 Å². The molecule has 2 aliphatic carbocycles. The van der Waals surface area contributed by atoms with Crippen LogP contribution in [0.4, 0.5) is 0 Å². The van der Waals surface area contributed by atoms with E-state index in [4.69, 9.17) is 0 Å². The maximum Gasteiger partial charge on any atom is 0.185 e. The van der Waals surface area contributed by atoms with Crippen LogP contribution >= 0.6 is 0 Å². The Labute approximate surface area is 151 Å². The van der Waals surface area contributed by atoms with Crippen molar-refractivity contribution in [2.45, 2.75) is 59.8 Å². The molecule has 0 radical (unpaired) electrons. The summed E-state index contributed by atoms with van der Waals surface area (Å²) in [6.07, 6.45) is 16.4. The van der Waals surface area contributed by atoms with Gasteiger partial charge in [0.15, 0.2) is 11.6 Å². The molecule has 0 aromatic rings. The third-order valence-corrected chi connectivity index (χ3v) is 4.67. The number of unbranched alkanes of at least 4 members (excludes halogenated alkanes) is 1. The summed E-state index contributed by atoms with van der Waals surface area (Å²) in [6, 6.07) is 0. The second-order valence-electron chi connectivity index (χ2n) is 6.64. The number of allylic oxidation sites excluding steroid dienone is 12. The lowest BCUT2D eigenvalue weighted by molar-refractivity contribution is -0.113. The number of ketones is 2. The molecule has 0 aromatic carbocycles. The summed E-state index contributed by atoms with van der Waals surface area (Å²) in [4.78, 5) is 24.5. The van der Waals surface area contributed by atoms with Gasteiger partial charge in [-0.05, 0) is 73.6 Å². The van der Waals surface area contributed by atoms with Crippen LogP contribution in [0.3, 0.4) is 0 Å². The van der Waals surface area contributed by atoms with Gasteiger partial charge in [-0.2, -0.15) is 0 Å². The zero-order valence-electron chi connectivity index (χ0n) is 15.8. The molecule has 132 valence electrons. The molecule has 0 saturated heterocycles. The van der Waals surface area contributed by atoms with Gasteiger partial charge >= 0.3 is 0 Å². The van der Waals surface area contributed by atoms with Crippen LogP contribution in [-0.4, -0.2) is 11.6 Å². The highest BCUT2D eigenvalue weighted by Gasteiger charge is 2.18. The van der Waals surface area contributed by atoms with E-state index in [1.54, 1.807) is 0 Å². The van der Waals surface area contributed by atoms with Crippen molar-refractivity contribution in [1.82, 2.24) is 0 Å². The highest BCUT2D eigenvalue weighted by Crippen LogP contribution is 2.26. The molecular weight excluding hydrogens is 308 g/mol. The lowest BCUT2D eigenvalue weighted by atomic mass is 9.89. The highest BCUT2D eigenvalue weighted by molar-refractivity contribution is 6.10. The van der Waals surface area contributed by atoms with Crippen molar-refractivity contribution in [2.24, 2.45) is 0 Å². The summed E-state index contributed by atoms with van der Waals surface area (Å²) in [7, 11) is 0. The zero-order chi connectivity index (χ0) is 18.4. The molecule has 0 spiro atoms. The first-order valence-corrected chi connectivity index (χ1v) is 9.31. The summed E-state index contributed by atoms with van der Waals surface area (Å²) < 4.78 is 0. The standard InChI is InChI=1S/C23H28O2/c1-5-8-9-21-15-18(14-20(7-3)23(21)25)11-10-17-12-16(4)22(24)19(6-2)13-17/h10-15H,5-9H2,1-4H3. The Morgan fingerprint density at radius 2 is 1.28 bits per heavy atom. The lowest BCUT2D eigenvalue weighted by Gasteiger charge is -2.15. The van der Waals surface area contributed by atoms with Crippen LogP contribution in [0.15, 0.2) is 69.9 Å². The lowest BCUT2D eigenvalue weighted by Crippen LogP contribution is -2.10. The van der Waals surface area contributed by atoms with Gasteiger partial charge in [0.1, 0.15) is 0 Å². The van der Waals surface area contributed by atoms with E-state index < -0.39 is 0 Å². The van der Waals surface area contributed by atoms with E-state index in [9.17, 15) is 9.59 Å². The van der Waals surface area contributed by atoms with E-state index in [0.29, 0.717) is 0 Å². The zero-order valence-corrected chi connectivity index (χ0v) is 15.8. The first-order valence-electron chi connectivity index (χ1n) is 9.31. The topological polar surface area (TPSA) is 34.1 Å². The molecule has 0 unspecified atom stereocenters. The fourth-order valence-corrected chi connectivity index (χ4v) is 3.12. The van der Waals surface area contributed by atoms with Crippen molar-refractivity contribution in [2.75, 3.05) is 0 Å². The molecule has 2 rings (SSSR count). The Morgan fingerprint density at radius 1 is 0.760 bits per heavy atom. The van der Waals surface area contributed by atoms with Crippen molar-refractivity contribution in [1.29, 1.82) is 0 Å². The summed E-state index contributed by atoms with van der Waals surface area (Å²) in [5.41, 5.74) is 5.53. The van der Waals surface area contributed by atoms with E-state index >= 15 is 0 Å². The Hall–Kier alpha value is -2.22. The van der Waals surface area contributed by atoms with Gasteiger partial charge in [-0.25, -0.2) is 0 Å². The smallest absolute Gasteiger partial charge is 0.185 e. The van der Waals surface area contributed by atoms with E-state index in [2.05, 4.69) is 6.92 Å². The Kier molecular flexibility index (Phi) is 6.69. The molecular formula is C23H28O2. The maximum absolute atomic E-state index is 12.4. The maximum atomic E-state index is 12.4. The summed E-state index contributed by atoms with van der Waals surface area (Å²) in [5.74, 6) is 0.346. The van der Waals surface area contributed by atoms with Gasteiger partial charge in [0.2, 0.25) is 0 Å². The molecule has 0 N–H and O–H groups in total. The second kappa shape index (κ2) is 8.75. The highest BCUT2D eigenvalue weighted by atomic mass is 16.1. The number of Topliss-reactive ketones (excluding diaryl/α,β-unsaturated/α-hetero) is 2. The third-order valence-electron chi connectivity index (χ3n) is 4.67. The van der Waals surface area contributed by atoms with Crippen molar-refractivity contribution in [3.05, 3.63) is 69.9 Å². The second-order valence-corrected chi connectivity index (χ2v) is 6.64. The van der Waals surface area contributed by atoms with Crippen LogP contribution < -0.4 is 0 Å². The van der Waals surface area contributed by atoms with Crippen LogP contribution in [0, 0.1) is 0 Å². The van der Waals surface area contributed by atoms with E-state index in [-0.39, 0.29) is 11.6 Å². The van der Waals surface area contributed by atoms with Gasteiger partial charge < -0.3 is 0 Å².